The average Bonchev–Trinajstić information content (AvgIpc) is 3.44. The van der Waals surface area contributed by atoms with E-state index in [0.29, 0.717) is 30.2 Å². The first-order chi connectivity index (χ1) is 17.4. The summed E-state index contributed by atoms with van der Waals surface area (Å²) in [7, 11) is 0. The van der Waals surface area contributed by atoms with Crippen LogP contribution in [0.4, 0.5) is 4.39 Å². The lowest BCUT2D eigenvalue weighted by Gasteiger charge is -2.16. The second kappa shape index (κ2) is 9.93. The molecular formula is C29H29FN4O2. The normalized spacial score (nSPS) is 15.2. The minimum Gasteiger partial charge on any atom is -0.475 e. The van der Waals surface area contributed by atoms with Gasteiger partial charge in [0.1, 0.15) is 12.4 Å². The van der Waals surface area contributed by atoms with Gasteiger partial charge in [0.05, 0.1) is 23.3 Å². The van der Waals surface area contributed by atoms with Crippen molar-refractivity contribution in [2.24, 2.45) is 4.99 Å². The van der Waals surface area contributed by atoms with Gasteiger partial charge in [-0.1, -0.05) is 50.2 Å². The topological polar surface area (TPSA) is 68.5 Å². The number of amides is 1. The van der Waals surface area contributed by atoms with Crippen LogP contribution < -0.4 is 5.32 Å². The number of hydrogen-bond donors (Lipinski definition) is 1. The van der Waals surface area contributed by atoms with E-state index in [1.165, 1.54) is 6.07 Å². The Labute approximate surface area is 209 Å². The molecule has 1 unspecified atom stereocenters. The van der Waals surface area contributed by atoms with Crippen LogP contribution in [0.3, 0.4) is 0 Å². The molecule has 0 radical (unpaired) electrons. The van der Waals surface area contributed by atoms with Crippen LogP contribution in [0.5, 0.6) is 0 Å². The monoisotopic (exact) mass is 484 g/mol. The lowest BCUT2D eigenvalue weighted by molar-refractivity contribution is 0.0951. The van der Waals surface area contributed by atoms with Gasteiger partial charge in [-0.05, 0) is 42.2 Å². The van der Waals surface area contributed by atoms with Gasteiger partial charge in [-0.15, -0.1) is 0 Å². The number of fused-ring (bicyclic) bond motifs is 1. The molecule has 0 aliphatic carbocycles. The van der Waals surface area contributed by atoms with Gasteiger partial charge in [0.15, 0.2) is 0 Å². The van der Waals surface area contributed by atoms with Crippen molar-refractivity contribution in [2.45, 2.75) is 45.8 Å². The number of pyridine rings is 1. The molecule has 36 heavy (non-hydrogen) atoms. The number of aromatic nitrogens is 2. The number of nitrogens with zero attached hydrogens (tertiary/aromatic N) is 3. The number of benzene rings is 2. The van der Waals surface area contributed by atoms with Crippen LogP contribution in [0.1, 0.15) is 59.4 Å². The smallest absolute Gasteiger partial charge is 0.254 e. The van der Waals surface area contributed by atoms with Gasteiger partial charge >= 0.3 is 0 Å². The van der Waals surface area contributed by atoms with Crippen molar-refractivity contribution in [3.8, 4) is 0 Å². The molecule has 1 aliphatic heterocycles. The summed E-state index contributed by atoms with van der Waals surface area (Å²) >= 11 is 0. The molecule has 1 aliphatic rings. The summed E-state index contributed by atoms with van der Waals surface area (Å²) < 4.78 is 21.6. The van der Waals surface area contributed by atoms with Gasteiger partial charge in [-0.3, -0.25) is 9.78 Å². The molecule has 6 nitrogen and oxygen atoms in total. The number of nitrogens with one attached hydrogen (secondary N) is 1. The molecule has 2 aromatic carbocycles. The molecule has 1 amide bonds. The third-order valence-corrected chi connectivity index (χ3v) is 6.32. The number of carbonyl (C=O) groups excluding carboxylic acids is 1. The van der Waals surface area contributed by atoms with Gasteiger partial charge in [0, 0.05) is 35.9 Å². The van der Waals surface area contributed by atoms with Gasteiger partial charge in [-0.2, -0.15) is 0 Å². The number of hydrogen-bond acceptors (Lipinski definition) is 4. The lowest BCUT2D eigenvalue weighted by Crippen LogP contribution is -2.24. The Kier molecular flexibility index (Phi) is 6.55. The quantitative estimate of drug-likeness (QED) is 0.380. The first kappa shape index (κ1) is 23.7. The highest BCUT2D eigenvalue weighted by molar-refractivity contribution is 6.10. The highest BCUT2D eigenvalue weighted by Gasteiger charge is 2.26. The van der Waals surface area contributed by atoms with Crippen LogP contribution in [0.25, 0.3) is 10.9 Å². The van der Waals surface area contributed by atoms with Crippen molar-refractivity contribution < 1.29 is 13.9 Å². The Bertz CT molecular complexity index is 1440. The molecule has 184 valence electrons. The van der Waals surface area contributed by atoms with Crippen molar-refractivity contribution in [2.75, 3.05) is 6.61 Å². The van der Waals surface area contributed by atoms with Crippen LogP contribution in [0, 0.1) is 5.82 Å². The number of aliphatic imine (C=N–C) groups is 1. The summed E-state index contributed by atoms with van der Waals surface area (Å²) in [6, 6.07) is 17.7. The van der Waals surface area contributed by atoms with E-state index in [0.717, 1.165) is 33.9 Å². The SMILES string of the molecule is CC1COC(c2ccc3c(C(=O)NCc4cncc(F)c4)c(C(C)C)n(Cc4ccccc4)c3c2)=N1. The molecule has 0 fully saturated rings. The zero-order valence-corrected chi connectivity index (χ0v) is 20.7. The van der Waals surface area contributed by atoms with E-state index in [4.69, 9.17) is 4.74 Å². The molecule has 3 heterocycles. The zero-order valence-electron chi connectivity index (χ0n) is 20.7. The molecule has 1 N–H and O–H groups in total. The average molecular weight is 485 g/mol. The molecule has 0 spiro atoms. The summed E-state index contributed by atoms with van der Waals surface area (Å²) in [6.07, 6.45) is 2.71. The van der Waals surface area contributed by atoms with E-state index in [-0.39, 0.29) is 24.4 Å². The molecule has 1 atom stereocenters. The second-order valence-electron chi connectivity index (χ2n) is 9.51. The van der Waals surface area contributed by atoms with Crippen molar-refractivity contribution >= 4 is 22.7 Å². The van der Waals surface area contributed by atoms with E-state index in [9.17, 15) is 9.18 Å². The minimum atomic E-state index is -0.428. The number of ether oxygens (including phenoxy) is 1. The summed E-state index contributed by atoms with van der Waals surface area (Å²) in [5.41, 5.74) is 5.17. The second-order valence-corrected chi connectivity index (χ2v) is 9.51. The fourth-order valence-electron chi connectivity index (χ4n) is 4.73. The molecule has 7 heteroatoms. The summed E-state index contributed by atoms with van der Waals surface area (Å²) in [6.45, 7) is 7.59. The third-order valence-electron chi connectivity index (χ3n) is 6.32. The molecule has 0 saturated carbocycles. The standard InChI is InChI=1S/C29H29FN4O2/c1-18(2)27-26(28(35)32-14-21-11-23(30)15-31-13-21)24-10-9-22(29-33-19(3)17-36-29)12-25(24)34(27)16-20-7-5-4-6-8-20/h4-13,15,18-19H,14,16-17H2,1-3H3,(H,32,35). The predicted molar refractivity (Wildman–Crippen MR) is 139 cm³/mol. The Morgan fingerprint density at radius 3 is 2.64 bits per heavy atom. The van der Waals surface area contributed by atoms with Crippen LogP contribution >= 0.6 is 0 Å². The van der Waals surface area contributed by atoms with Crippen LogP contribution in [-0.4, -0.2) is 34.0 Å². The molecular weight excluding hydrogens is 455 g/mol. The summed E-state index contributed by atoms with van der Waals surface area (Å²) in [5.74, 6) is 0.0902. The maximum absolute atomic E-state index is 13.6. The van der Waals surface area contributed by atoms with Gasteiger partial charge < -0.3 is 14.6 Å². The van der Waals surface area contributed by atoms with E-state index in [1.807, 2.05) is 37.3 Å². The van der Waals surface area contributed by atoms with E-state index >= 15 is 0 Å². The Balaban J connectivity index is 1.61. The van der Waals surface area contributed by atoms with E-state index in [1.54, 1.807) is 6.20 Å². The van der Waals surface area contributed by atoms with Gasteiger partial charge in [0.25, 0.3) is 5.91 Å². The Morgan fingerprint density at radius 2 is 1.94 bits per heavy atom. The van der Waals surface area contributed by atoms with Crippen LogP contribution in [0.15, 0.2) is 72.0 Å². The predicted octanol–water partition coefficient (Wildman–Crippen LogP) is 5.44. The van der Waals surface area contributed by atoms with Crippen molar-refractivity contribution in [1.82, 2.24) is 14.9 Å². The fraction of sp³-hybridized carbons (Fsp3) is 0.276. The minimum absolute atomic E-state index is 0.0845. The molecule has 0 bridgehead atoms. The van der Waals surface area contributed by atoms with E-state index < -0.39 is 5.82 Å². The number of carbonyl (C=O) groups is 1. The van der Waals surface area contributed by atoms with Crippen molar-refractivity contribution in [3.05, 3.63) is 101 Å². The summed E-state index contributed by atoms with van der Waals surface area (Å²) in [4.78, 5) is 22.1. The highest BCUT2D eigenvalue weighted by atomic mass is 19.1. The molecule has 0 saturated heterocycles. The zero-order chi connectivity index (χ0) is 25.2. The molecule has 4 aromatic rings. The third kappa shape index (κ3) is 4.73. The Morgan fingerprint density at radius 1 is 1.14 bits per heavy atom. The van der Waals surface area contributed by atoms with Gasteiger partial charge in [0.2, 0.25) is 5.90 Å². The van der Waals surface area contributed by atoms with Gasteiger partial charge in [-0.25, -0.2) is 9.38 Å². The lowest BCUT2D eigenvalue weighted by atomic mass is 10.0. The summed E-state index contributed by atoms with van der Waals surface area (Å²) in [5, 5.41) is 3.84. The fourth-order valence-corrected chi connectivity index (χ4v) is 4.73. The first-order valence-corrected chi connectivity index (χ1v) is 12.2. The largest absolute Gasteiger partial charge is 0.475 e. The van der Waals surface area contributed by atoms with Crippen molar-refractivity contribution in [1.29, 1.82) is 0 Å². The number of rotatable bonds is 7. The van der Waals surface area contributed by atoms with E-state index in [2.05, 4.69) is 51.9 Å². The van der Waals surface area contributed by atoms with Crippen LogP contribution in [0.2, 0.25) is 0 Å². The first-order valence-electron chi connectivity index (χ1n) is 12.2. The maximum Gasteiger partial charge on any atom is 0.254 e. The maximum atomic E-state index is 13.6. The number of halogens is 1. The molecule has 2 aromatic heterocycles. The Hall–Kier alpha value is -4.00. The highest BCUT2D eigenvalue weighted by Crippen LogP contribution is 2.33. The molecule has 5 rings (SSSR count). The van der Waals surface area contributed by atoms with Crippen molar-refractivity contribution in [3.63, 3.8) is 0 Å². The van der Waals surface area contributed by atoms with Crippen LogP contribution in [-0.2, 0) is 17.8 Å².